The normalized spacial score (nSPS) is 32.5. The summed E-state index contributed by atoms with van der Waals surface area (Å²) >= 11 is 0. The smallest absolute Gasteiger partial charge is 0.256 e. The molecule has 1 fully saturated rings. The number of benzene rings is 1. The highest BCUT2D eigenvalue weighted by molar-refractivity contribution is 5.99. The third-order valence-corrected chi connectivity index (χ3v) is 3.45. The van der Waals surface area contributed by atoms with Crippen LogP contribution in [0.2, 0.25) is 0 Å². The van der Waals surface area contributed by atoms with E-state index in [-0.39, 0.29) is 18.1 Å². The molecule has 1 unspecified atom stereocenters. The van der Waals surface area contributed by atoms with Gasteiger partial charge in [-0.15, -0.1) is 0 Å². The van der Waals surface area contributed by atoms with E-state index < -0.39 is 6.23 Å². The summed E-state index contributed by atoms with van der Waals surface area (Å²) in [7, 11) is 0. The Kier molecular flexibility index (Phi) is 2.02. The highest BCUT2D eigenvalue weighted by Crippen LogP contribution is 2.38. The molecule has 1 saturated carbocycles. The van der Waals surface area contributed by atoms with Gasteiger partial charge in [-0.3, -0.25) is 4.79 Å². The van der Waals surface area contributed by atoms with E-state index in [1.807, 2.05) is 6.07 Å². The average Bonchev–Trinajstić information content (AvgIpc) is 2.49. The van der Waals surface area contributed by atoms with E-state index in [9.17, 15) is 15.0 Å². The Hall–Kier alpha value is -1.39. The Bertz CT molecular complexity index is 440. The molecule has 4 heteroatoms. The maximum absolute atomic E-state index is 12.0. The van der Waals surface area contributed by atoms with Crippen molar-refractivity contribution in [3.05, 3.63) is 35.4 Å². The molecule has 0 spiro atoms. The Labute approximate surface area is 93.1 Å². The van der Waals surface area contributed by atoms with Gasteiger partial charge in [0.2, 0.25) is 0 Å². The van der Waals surface area contributed by atoms with Crippen LogP contribution >= 0.6 is 0 Å². The lowest BCUT2D eigenvalue weighted by Crippen LogP contribution is -2.48. The number of amides is 1. The van der Waals surface area contributed by atoms with Crippen LogP contribution in [0, 0.1) is 0 Å². The largest absolute Gasteiger partial charge is 0.393 e. The van der Waals surface area contributed by atoms with Crippen molar-refractivity contribution < 1.29 is 15.0 Å². The quantitative estimate of drug-likeness (QED) is 0.729. The van der Waals surface area contributed by atoms with Gasteiger partial charge in [0.05, 0.1) is 6.10 Å². The summed E-state index contributed by atoms with van der Waals surface area (Å²) < 4.78 is 0. The summed E-state index contributed by atoms with van der Waals surface area (Å²) in [6.45, 7) is 0. The van der Waals surface area contributed by atoms with Gasteiger partial charge in [-0.1, -0.05) is 18.2 Å². The van der Waals surface area contributed by atoms with Crippen LogP contribution in [0.15, 0.2) is 24.3 Å². The number of rotatable bonds is 1. The van der Waals surface area contributed by atoms with Crippen molar-refractivity contribution in [3.8, 4) is 0 Å². The van der Waals surface area contributed by atoms with Gasteiger partial charge in [0.15, 0.2) is 6.23 Å². The first-order chi connectivity index (χ1) is 7.68. The van der Waals surface area contributed by atoms with E-state index >= 15 is 0 Å². The molecule has 3 rings (SSSR count). The maximum atomic E-state index is 12.0. The zero-order valence-electron chi connectivity index (χ0n) is 8.71. The van der Waals surface area contributed by atoms with Gasteiger partial charge in [-0.05, 0) is 18.9 Å². The molecular weight excluding hydrogens is 206 g/mol. The molecule has 0 aromatic heterocycles. The fraction of sp³-hybridized carbons (Fsp3) is 0.417. The fourth-order valence-electron chi connectivity index (χ4n) is 2.47. The molecule has 0 saturated heterocycles. The minimum atomic E-state index is -0.846. The van der Waals surface area contributed by atoms with E-state index in [2.05, 4.69) is 0 Å². The Morgan fingerprint density at radius 3 is 2.50 bits per heavy atom. The van der Waals surface area contributed by atoms with E-state index in [4.69, 9.17) is 0 Å². The zero-order chi connectivity index (χ0) is 11.3. The minimum Gasteiger partial charge on any atom is -0.393 e. The van der Waals surface area contributed by atoms with E-state index in [0.717, 1.165) is 0 Å². The first-order valence-corrected chi connectivity index (χ1v) is 5.46. The second-order valence-corrected chi connectivity index (χ2v) is 4.45. The van der Waals surface area contributed by atoms with Gasteiger partial charge in [0.1, 0.15) is 0 Å². The van der Waals surface area contributed by atoms with Crippen LogP contribution in [0.5, 0.6) is 0 Å². The van der Waals surface area contributed by atoms with Gasteiger partial charge in [-0.2, -0.15) is 0 Å². The third-order valence-electron chi connectivity index (χ3n) is 3.45. The maximum Gasteiger partial charge on any atom is 0.256 e. The lowest BCUT2D eigenvalue weighted by atomic mass is 9.88. The van der Waals surface area contributed by atoms with Crippen LogP contribution in [-0.4, -0.2) is 33.2 Å². The van der Waals surface area contributed by atoms with Crippen LogP contribution in [0.4, 0.5) is 0 Å². The monoisotopic (exact) mass is 219 g/mol. The number of carbonyl (C=O) groups excluding carboxylic acids is 1. The summed E-state index contributed by atoms with van der Waals surface area (Å²) in [6, 6.07) is 7.09. The first kappa shape index (κ1) is 9.81. The van der Waals surface area contributed by atoms with Gasteiger partial charge in [0, 0.05) is 17.2 Å². The SMILES string of the molecule is O=C1c2ccccc2C(O)N1[C@H]1C[C@H](O)C1. The number of aliphatic hydroxyl groups is 2. The molecule has 0 radical (unpaired) electrons. The number of carbonyl (C=O) groups is 1. The second kappa shape index (κ2) is 3.30. The topological polar surface area (TPSA) is 60.8 Å². The van der Waals surface area contributed by atoms with Crippen LogP contribution in [0.3, 0.4) is 0 Å². The van der Waals surface area contributed by atoms with E-state index in [1.54, 1.807) is 18.2 Å². The molecule has 16 heavy (non-hydrogen) atoms. The Morgan fingerprint density at radius 2 is 1.88 bits per heavy atom. The van der Waals surface area contributed by atoms with Gasteiger partial charge in [-0.25, -0.2) is 0 Å². The second-order valence-electron chi connectivity index (χ2n) is 4.45. The van der Waals surface area contributed by atoms with Crippen LogP contribution in [0.25, 0.3) is 0 Å². The molecule has 2 aliphatic rings. The molecule has 1 aromatic rings. The van der Waals surface area contributed by atoms with Crippen molar-refractivity contribution in [1.29, 1.82) is 0 Å². The lowest BCUT2D eigenvalue weighted by Gasteiger charge is -2.40. The predicted molar refractivity (Wildman–Crippen MR) is 56.6 cm³/mol. The standard InChI is InChI=1S/C12H13NO3/c14-8-5-7(6-8)13-11(15)9-3-1-2-4-10(9)12(13)16/h1-4,7-8,11,14-15H,5-6H2/t7-,8-,11?. The summed E-state index contributed by atoms with van der Waals surface area (Å²) in [4.78, 5) is 13.5. The number of nitrogens with zero attached hydrogens (tertiary/aromatic N) is 1. The summed E-state index contributed by atoms with van der Waals surface area (Å²) in [5.41, 5.74) is 1.25. The molecule has 1 amide bonds. The van der Waals surface area contributed by atoms with E-state index in [1.165, 1.54) is 4.90 Å². The highest BCUT2D eigenvalue weighted by atomic mass is 16.3. The lowest BCUT2D eigenvalue weighted by molar-refractivity contribution is -0.0567. The van der Waals surface area contributed by atoms with Crippen molar-refractivity contribution in [2.24, 2.45) is 0 Å². The van der Waals surface area contributed by atoms with Gasteiger partial charge >= 0.3 is 0 Å². The fourth-order valence-corrected chi connectivity index (χ4v) is 2.47. The molecule has 1 aliphatic heterocycles. The number of hydrogen-bond acceptors (Lipinski definition) is 3. The number of aliphatic hydroxyl groups excluding tert-OH is 2. The van der Waals surface area contributed by atoms with Crippen molar-refractivity contribution in [2.75, 3.05) is 0 Å². The highest BCUT2D eigenvalue weighted by Gasteiger charge is 2.44. The summed E-state index contributed by atoms with van der Waals surface area (Å²) in [5.74, 6) is -0.125. The van der Waals surface area contributed by atoms with Crippen LogP contribution < -0.4 is 0 Å². The number of hydrogen-bond donors (Lipinski definition) is 2. The Balaban J connectivity index is 1.92. The molecule has 0 bridgehead atoms. The van der Waals surface area contributed by atoms with Crippen LogP contribution in [0.1, 0.15) is 35.0 Å². The van der Waals surface area contributed by atoms with Crippen molar-refractivity contribution in [1.82, 2.24) is 4.90 Å². The first-order valence-electron chi connectivity index (χ1n) is 5.46. The predicted octanol–water partition coefficient (Wildman–Crippen LogP) is 0.657. The minimum absolute atomic E-state index is 0.0232. The summed E-state index contributed by atoms with van der Waals surface area (Å²) in [6.07, 6.45) is -0.0389. The molecule has 1 aliphatic carbocycles. The van der Waals surface area contributed by atoms with E-state index in [0.29, 0.717) is 24.0 Å². The molecular formula is C12H13NO3. The average molecular weight is 219 g/mol. The van der Waals surface area contributed by atoms with Gasteiger partial charge in [0.25, 0.3) is 5.91 Å². The molecule has 84 valence electrons. The molecule has 1 aromatic carbocycles. The third kappa shape index (κ3) is 1.20. The number of fused-ring (bicyclic) bond motifs is 1. The van der Waals surface area contributed by atoms with Crippen molar-refractivity contribution >= 4 is 5.91 Å². The summed E-state index contributed by atoms with van der Waals surface area (Å²) in [5, 5.41) is 19.3. The molecule has 4 nitrogen and oxygen atoms in total. The van der Waals surface area contributed by atoms with Crippen molar-refractivity contribution in [2.45, 2.75) is 31.2 Å². The van der Waals surface area contributed by atoms with Crippen molar-refractivity contribution in [3.63, 3.8) is 0 Å². The molecule has 1 atom stereocenters. The zero-order valence-corrected chi connectivity index (χ0v) is 8.71. The van der Waals surface area contributed by atoms with Crippen LogP contribution in [-0.2, 0) is 0 Å². The van der Waals surface area contributed by atoms with Gasteiger partial charge < -0.3 is 15.1 Å². The molecule has 2 N–H and O–H groups in total. The Morgan fingerprint density at radius 1 is 1.19 bits per heavy atom. The molecule has 1 heterocycles.